The molecule has 1 aromatic heterocycles. The van der Waals surface area contributed by atoms with Gasteiger partial charge in [-0.3, -0.25) is 0 Å². The van der Waals surface area contributed by atoms with Crippen LogP contribution in [0.1, 0.15) is 44.9 Å². The summed E-state index contributed by atoms with van der Waals surface area (Å²) in [6.07, 6.45) is 3.80. The van der Waals surface area contributed by atoms with Crippen LogP contribution < -0.4 is 5.32 Å². The monoisotopic (exact) mass is 269 g/mol. The second-order valence-corrected chi connectivity index (χ2v) is 5.36. The predicted molar refractivity (Wildman–Crippen MR) is 76.1 cm³/mol. The maximum Gasteiger partial charge on any atom is 0.129 e. The summed E-state index contributed by atoms with van der Waals surface area (Å²) in [7, 11) is 1.72. The summed E-state index contributed by atoms with van der Waals surface area (Å²) in [6, 6.07) is 2.05. The zero-order valence-corrected chi connectivity index (χ0v) is 12.6. The number of hydrogen-bond donors (Lipinski definition) is 1. The Kier molecular flexibility index (Phi) is 7.13. The van der Waals surface area contributed by atoms with Crippen molar-refractivity contribution in [3.05, 3.63) is 23.7 Å². The molecule has 0 aromatic carbocycles. The van der Waals surface area contributed by atoms with Gasteiger partial charge in [0.25, 0.3) is 0 Å². The smallest absolute Gasteiger partial charge is 0.129 e. The van der Waals surface area contributed by atoms with E-state index in [0.29, 0.717) is 13.2 Å². The second kappa shape index (κ2) is 8.35. The molecule has 0 radical (unpaired) electrons. The van der Waals surface area contributed by atoms with E-state index >= 15 is 0 Å². The van der Waals surface area contributed by atoms with Gasteiger partial charge >= 0.3 is 0 Å². The number of ether oxygens (including phenoxy) is 2. The van der Waals surface area contributed by atoms with Gasteiger partial charge in [-0.25, -0.2) is 0 Å². The van der Waals surface area contributed by atoms with Crippen LogP contribution in [-0.2, 0) is 22.6 Å². The molecule has 19 heavy (non-hydrogen) atoms. The Morgan fingerprint density at radius 3 is 2.84 bits per heavy atom. The highest BCUT2D eigenvalue weighted by Crippen LogP contribution is 2.14. The minimum Gasteiger partial charge on any atom is -0.467 e. The van der Waals surface area contributed by atoms with Crippen LogP contribution in [0.2, 0.25) is 0 Å². The Labute approximate surface area is 116 Å². The van der Waals surface area contributed by atoms with E-state index in [9.17, 15) is 0 Å². The standard InChI is InChI=1S/C15H27NO3/c1-5-7-16-10-13-9-14(19-11-13)12-18-8-6-15(2,3)17-4/h9,11,16H,5-8,10,12H2,1-4H3. The molecule has 1 aromatic rings. The topological polar surface area (TPSA) is 43.6 Å². The maximum atomic E-state index is 5.60. The Bertz CT molecular complexity index is 347. The Hall–Kier alpha value is -0.840. The van der Waals surface area contributed by atoms with Crippen molar-refractivity contribution in [1.82, 2.24) is 5.32 Å². The third-order valence-electron chi connectivity index (χ3n) is 3.11. The molecular formula is C15H27NO3. The lowest BCUT2D eigenvalue weighted by atomic mass is 10.1. The first-order valence-electron chi connectivity index (χ1n) is 6.97. The Balaban J connectivity index is 2.19. The SMILES string of the molecule is CCCNCc1coc(COCCC(C)(C)OC)c1. The van der Waals surface area contributed by atoms with E-state index in [-0.39, 0.29) is 5.60 Å². The number of hydrogen-bond acceptors (Lipinski definition) is 4. The molecule has 0 saturated heterocycles. The highest BCUT2D eigenvalue weighted by Gasteiger charge is 2.15. The van der Waals surface area contributed by atoms with Gasteiger partial charge in [-0.2, -0.15) is 0 Å². The third kappa shape index (κ3) is 6.76. The van der Waals surface area contributed by atoms with Crippen LogP contribution in [0.25, 0.3) is 0 Å². The van der Waals surface area contributed by atoms with Crippen molar-refractivity contribution < 1.29 is 13.9 Å². The van der Waals surface area contributed by atoms with Gasteiger partial charge in [0.2, 0.25) is 0 Å². The molecule has 0 bridgehead atoms. The van der Waals surface area contributed by atoms with Crippen LogP contribution in [0.15, 0.2) is 16.7 Å². The number of furan rings is 1. The molecular weight excluding hydrogens is 242 g/mol. The largest absolute Gasteiger partial charge is 0.467 e. The molecule has 0 unspecified atom stereocenters. The first-order valence-corrected chi connectivity index (χ1v) is 6.97. The number of nitrogens with one attached hydrogen (secondary N) is 1. The minimum absolute atomic E-state index is 0.127. The molecule has 110 valence electrons. The molecule has 0 aliphatic rings. The minimum atomic E-state index is -0.127. The van der Waals surface area contributed by atoms with Crippen molar-refractivity contribution in [3.63, 3.8) is 0 Å². The van der Waals surface area contributed by atoms with Gasteiger partial charge in [0.05, 0.1) is 11.9 Å². The van der Waals surface area contributed by atoms with Crippen LogP contribution in [0, 0.1) is 0 Å². The van der Waals surface area contributed by atoms with Crippen LogP contribution in [-0.4, -0.2) is 25.9 Å². The molecule has 1 heterocycles. The molecule has 0 fully saturated rings. The van der Waals surface area contributed by atoms with Gasteiger partial charge in [-0.15, -0.1) is 0 Å². The Morgan fingerprint density at radius 2 is 2.16 bits per heavy atom. The van der Waals surface area contributed by atoms with Crippen molar-refractivity contribution in [1.29, 1.82) is 0 Å². The van der Waals surface area contributed by atoms with E-state index in [1.165, 1.54) is 5.56 Å². The van der Waals surface area contributed by atoms with Gasteiger partial charge in [0, 0.05) is 25.8 Å². The van der Waals surface area contributed by atoms with E-state index in [1.54, 1.807) is 13.4 Å². The van der Waals surface area contributed by atoms with Gasteiger partial charge in [-0.05, 0) is 39.3 Å². The average molecular weight is 269 g/mol. The van der Waals surface area contributed by atoms with Gasteiger partial charge in [0.15, 0.2) is 0 Å². The molecule has 4 nitrogen and oxygen atoms in total. The van der Waals surface area contributed by atoms with E-state index in [4.69, 9.17) is 13.9 Å². The van der Waals surface area contributed by atoms with Crippen molar-refractivity contribution in [2.24, 2.45) is 0 Å². The highest BCUT2D eigenvalue weighted by atomic mass is 16.5. The fraction of sp³-hybridized carbons (Fsp3) is 0.733. The van der Waals surface area contributed by atoms with Crippen molar-refractivity contribution >= 4 is 0 Å². The van der Waals surface area contributed by atoms with E-state index < -0.39 is 0 Å². The van der Waals surface area contributed by atoms with E-state index in [0.717, 1.165) is 31.7 Å². The first-order chi connectivity index (χ1) is 9.07. The van der Waals surface area contributed by atoms with Crippen LogP contribution in [0.3, 0.4) is 0 Å². The summed E-state index contributed by atoms with van der Waals surface area (Å²) in [5, 5.41) is 3.34. The van der Waals surface area contributed by atoms with Crippen molar-refractivity contribution in [3.8, 4) is 0 Å². The highest BCUT2D eigenvalue weighted by molar-refractivity contribution is 5.11. The summed E-state index contributed by atoms with van der Waals surface area (Å²) in [4.78, 5) is 0. The zero-order valence-electron chi connectivity index (χ0n) is 12.6. The summed E-state index contributed by atoms with van der Waals surface area (Å²) in [6.45, 7) is 9.35. The lowest BCUT2D eigenvalue weighted by molar-refractivity contribution is -0.0143. The van der Waals surface area contributed by atoms with E-state index in [1.807, 2.05) is 6.07 Å². The predicted octanol–water partition coefficient (Wildman–Crippen LogP) is 3.11. The van der Waals surface area contributed by atoms with Crippen LogP contribution in [0.5, 0.6) is 0 Å². The number of rotatable bonds is 10. The maximum absolute atomic E-state index is 5.60. The Morgan fingerprint density at radius 1 is 1.37 bits per heavy atom. The zero-order chi connectivity index (χ0) is 14.1. The van der Waals surface area contributed by atoms with Crippen LogP contribution in [0.4, 0.5) is 0 Å². The summed E-state index contributed by atoms with van der Waals surface area (Å²) in [5.41, 5.74) is 1.04. The lowest BCUT2D eigenvalue weighted by Gasteiger charge is -2.22. The summed E-state index contributed by atoms with van der Waals surface area (Å²) >= 11 is 0. The fourth-order valence-electron chi connectivity index (χ4n) is 1.60. The number of methoxy groups -OCH3 is 1. The molecule has 0 spiro atoms. The lowest BCUT2D eigenvalue weighted by Crippen LogP contribution is -2.24. The second-order valence-electron chi connectivity index (χ2n) is 5.36. The molecule has 0 atom stereocenters. The summed E-state index contributed by atoms with van der Waals surface area (Å²) in [5.74, 6) is 0.878. The third-order valence-corrected chi connectivity index (χ3v) is 3.11. The van der Waals surface area contributed by atoms with Gasteiger partial charge in [0.1, 0.15) is 12.4 Å². The van der Waals surface area contributed by atoms with E-state index in [2.05, 4.69) is 26.1 Å². The van der Waals surface area contributed by atoms with Gasteiger partial charge in [-0.1, -0.05) is 6.92 Å². The molecule has 0 aliphatic carbocycles. The van der Waals surface area contributed by atoms with Crippen LogP contribution >= 0.6 is 0 Å². The average Bonchev–Trinajstić information content (AvgIpc) is 2.83. The normalized spacial score (nSPS) is 12.0. The molecule has 0 amide bonds. The van der Waals surface area contributed by atoms with Crippen molar-refractivity contribution in [2.75, 3.05) is 20.3 Å². The van der Waals surface area contributed by atoms with Crippen molar-refractivity contribution in [2.45, 2.75) is 52.4 Å². The quantitative estimate of drug-likeness (QED) is 0.663. The molecule has 1 rings (SSSR count). The molecule has 1 N–H and O–H groups in total. The molecule has 0 saturated carbocycles. The molecule has 4 heteroatoms. The first kappa shape index (κ1) is 16.2. The van der Waals surface area contributed by atoms with Gasteiger partial charge < -0.3 is 19.2 Å². The summed E-state index contributed by atoms with van der Waals surface area (Å²) < 4.78 is 16.4. The molecule has 0 aliphatic heterocycles. The fourth-order valence-corrected chi connectivity index (χ4v) is 1.60.